The molecule has 8 heteroatoms. The molecule has 0 bridgehead atoms. The first kappa shape index (κ1) is 19.3. The van der Waals surface area contributed by atoms with E-state index in [0.717, 1.165) is 29.7 Å². The van der Waals surface area contributed by atoms with Gasteiger partial charge in [-0.1, -0.05) is 47.6 Å². The Morgan fingerprint density at radius 1 is 1.20 bits per heavy atom. The lowest BCUT2D eigenvalue weighted by molar-refractivity contribution is -0.116. The quantitative estimate of drug-likeness (QED) is 0.551. The van der Waals surface area contributed by atoms with E-state index in [1.165, 1.54) is 23.9 Å². The number of aromatic nitrogens is 3. The number of carbonyl (C=O) groups excluding carboxylic acids is 1. The summed E-state index contributed by atoms with van der Waals surface area (Å²) in [6.45, 7) is 0. The van der Waals surface area contributed by atoms with Gasteiger partial charge in [-0.25, -0.2) is 9.07 Å². The van der Waals surface area contributed by atoms with E-state index in [1.807, 2.05) is 24.3 Å². The van der Waals surface area contributed by atoms with Crippen LogP contribution in [0.25, 0.3) is 0 Å². The predicted molar refractivity (Wildman–Crippen MR) is 115 cm³/mol. The molecule has 1 N–H and O–H groups in total. The second-order valence-corrected chi connectivity index (χ2v) is 8.71. The van der Waals surface area contributed by atoms with Crippen molar-refractivity contribution in [2.24, 2.45) is 0 Å². The Kier molecular flexibility index (Phi) is 5.08. The molecule has 30 heavy (non-hydrogen) atoms. The van der Waals surface area contributed by atoms with E-state index in [-0.39, 0.29) is 11.6 Å². The Labute approximate surface area is 182 Å². The van der Waals surface area contributed by atoms with Crippen molar-refractivity contribution in [3.63, 3.8) is 0 Å². The van der Waals surface area contributed by atoms with Gasteiger partial charge < -0.3 is 5.32 Å². The number of benzene rings is 2. The van der Waals surface area contributed by atoms with Gasteiger partial charge in [0.25, 0.3) is 0 Å². The Morgan fingerprint density at radius 2 is 2.03 bits per heavy atom. The number of hydrogen-bond donors (Lipinski definition) is 1. The largest absolute Gasteiger partial charge is 0.328 e. The number of rotatable bonds is 4. The average Bonchev–Trinajstić information content (AvgIpc) is 3.14. The van der Waals surface area contributed by atoms with Gasteiger partial charge in [-0.2, -0.15) is 4.98 Å². The van der Waals surface area contributed by atoms with E-state index in [2.05, 4.69) is 15.4 Å². The molecule has 3 aromatic rings. The van der Waals surface area contributed by atoms with Gasteiger partial charge in [0.15, 0.2) is 5.78 Å². The number of nitrogens with one attached hydrogen (secondary N) is 1. The number of nitrogens with zero attached hydrogens (tertiary/aromatic N) is 3. The standard InChI is InChI=1S/C22H18ClFN4OS/c23-15-4-1-3-13(11-15)12-30-22-26-21-25-17-5-2-6-18(29)19(17)20(28(21)27-22)14-7-9-16(24)10-8-14/h1,3-4,7-11,20H,2,5-6,12H2,(H,25,26,27)/t20-/m1/s1. The number of ketones is 1. The molecule has 0 amide bonds. The molecule has 5 rings (SSSR count). The topological polar surface area (TPSA) is 59.8 Å². The van der Waals surface area contributed by atoms with E-state index in [1.54, 1.807) is 16.8 Å². The monoisotopic (exact) mass is 440 g/mol. The zero-order chi connectivity index (χ0) is 20.7. The SMILES string of the molecule is O=C1CCCC2=C1[C@@H](c1ccc(F)cc1)n1nc(SCc3cccc(Cl)c3)nc1N2. The van der Waals surface area contributed by atoms with E-state index in [0.29, 0.717) is 33.9 Å². The fraction of sp³-hybridized carbons (Fsp3) is 0.227. The Hall–Kier alpha value is -2.64. The molecular formula is C22H18ClFN4OS. The van der Waals surface area contributed by atoms with Gasteiger partial charge in [0.05, 0.1) is 0 Å². The summed E-state index contributed by atoms with van der Waals surface area (Å²) >= 11 is 7.58. The van der Waals surface area contributed by atoms with Gasteiger partial charge >= 0.3 is 0 Å². The molecule has 0 unspecified atom stereocenters. The number of hydrogen-bond acceptors (Lipinski definition) is 5. The van der Waals surface area contributed by atoms with Crippen molar-refractivity contribution < 1.29 is 9.18 Å². The molecule has 1 aliphatic heterocycles. The number of anilines is 1. The molecule has 2 aromatic carbocycles. The zero-order valence-corrected chi connectivity index (χ0v) is 17.5. The van der Waals surface area contributed by atoms with Crippen LogP contribution in [-0.4, -0.2) is 20.5 Å². The van der Waals surface area contributed by atoms with E-state index in [9.17, 15) is 9.18 Å². The average molecular weight is 441 g/mol. The van der Waals surface area contributed by atoms with Gasteiger partial charge in [0.2, 0.25) is 11.1 Å². The number of halogens is 2. The summed E-state index contributed by atoms with van der Waals surface area (Å²) in [4.78, 5) is 17.4. The third-order valence-corrected chi connectivity index (χ3v) is 6.44. The molecule has 2 heterocycles. The fourth-order valence-corrected chi connectivity index (χ4v) is 4.91. The number of Topliss-reactive ketones (excluding diaryl/α,β-unsaturated/α-hetero) is 1. The molecule has 1 atom stereocenters. The van der Waals surface area contributed by atoms with Crippen LogP contribution in [0.3, 0.4) is 0 Å². The van der Waals surface area contributed by atoms with Gasteiger partial charge in [0.1, 0.15) is 11.9 Å². The number of carbonyl (C=O) groups is 1. The third-order valence-electron chi connectivity index (χ3n) is 5.29. The minimum Gasteiger partial charge on any atom is -0.328 e. The summed E-state index contributed by atoms with van der Waals surface area (Å²) in [6.07, 6.45) is 2.11. The van der Waals surface area contributed by atoms with Crippen molar-refractivity contribution in [3.05, 3.63) is 81.8 Å². The molecule has 0 saturated carbocycles. The van der Waals surface area contributed by atoms with Crippen LogP contribution in [-0.2, 0) is 10.5 Å². The van der Waals surface area contributed by atoms with Crippen LogP contribution in [0.4, 0.5) is 10.3 Å². The van der Waals surface area contributed by atoms with Crippen molar-refractivity contribution >= 4 is 35.1 Å². The Bertz CT molecular complexity index is 1160. The van der Waals surface area contributed by atoms with Gasteiger partial charge in [0, 0.05) is 28.5 Å². The summed E-state index contributed by atoms with van der Waals surface area (Å²) in [6, 6.07) is 13.5. The lowest BCUT2D eigenvalue weighted by Crippen LogP contribution is -2.31. The maximum absolute atomic E-state index is 13.5. The van der Waals surface area contributed by atoms with E-state index in [4.69, 9.17) is 11.6 Å². The van der Waals surface area contributed by atoms with Crippen molar-refractivity contribution in [1.82, 2.24) is 14.8 Å². The Balaban J connectivity index is 1.50. The van der Waals surface area contributed by atoms with Crippen molar-refractivity contribution in [3.8, 4) is 0 Å². The summed E-state index contributed by atoms with van der Waals surface area (Å²) in [5.41, 5.74) is 3.50. The molecule has 0 saturated heterocycles. The van der Waals surface area contributed by atoms with Crippen LogP contribution in [0, 0.1) is 5.82 Å². The number of fused-ring (bicyclic) bond motifs is 1. The number of thioether (sulfide) groups is 1. The first-order chi connectivity index (χ1) is 14.6. The summed E-state index contributed by atoms with van der Waals surface area (Å²) in [5, 5.41) is 9.30. The highest BCUT2D eigenvalue weighted by Gasteiger charge is 2.36. The molecule has 1 aliphatic carbocycles. The van der Waals surface area contributed by atoms with Crippen LogP contribution < -0.4 is 5.32 Å². The molecule has 0 spiro atoms. The summed E-state index contributed by atoms with van der Waals surface area (Å²) in [7, 11) is 0. The first-order valence-corrected chi connectivity index (χ1v) is 11.1. The molecule has 1 aromatic heterocycles. The zero-order valence-electron chi connectivity index (χ0n) is 15.9. The molecule has 5 nitrogen and oxygen atoms in total. The Morgan fingerprint density at radius 3 is 2.83 bits per heavy atom. The fourth-order valence-electron chi connectivity index (χ4n) is 3.93. The second kappa shape index (κ2) is 7.89. The molecule has 2 aliphatic rings. The van der Waals surface area contributed by atoms with Gasteiger partial charge in [-0.3, -0.25) is 4.79 Å². The maximum atomic E-state index is 13.5. The highest BCUT2D eigenvalue weighted by molar-refractivity contribution is 7.98. The van der Waals surface area contributed by atoms with E-state index < -0.39 is 6.04 Å². The lowest BCUT2D eigenvalue weighted by Gasteiger charge is -2.32. The van der Waals surface area contributed by atoms with Crippen molar-refractivity contribution in [2.75, 3.05) is 5.32 Å². The number of allylic oxidation sites excluding steroid dienone is 2. The van der Waals surface area contributed by atoms with Crippen molar-refractivity contribution in [2.45, 2.75) is 36.2 Å². The summed E-state index contributed by atoms with van der Waals surface area (Å²) in [5.74, 6) is 1.07. The van der Waals surface area contributed by atoms with E-state index >= 15 is 0 Å². The van der Waals surface area contributed by atoms with Gasteiger partial charge in [-0.15, -0.1) is 5.10 Å². The molecule has 0 radical (unpaired) electrons. The predicted octanol–water partition coefficient (Wildman–Crippen LogP) is 5.38. The molecular weight excluding hydrogens is 423 g/mol. The van der Waals surface area contributed by atoms with Crippen molar-refractivity contribution in [1.29, 1.82) is 0 Å². The first-order valence-electron chi connectivity index (χ1n) is 9.71. The molecule has 152 valence electrons. The van der Waals surface area contributed by atoms with Crippen LogP contribution in [0.1, 0.15) is 36.4 Å². The van der Waals surface area contributed by atoms with Crippen LogP contribution in [0.15, 0.2) is 65.0 Å². The summed E-state index contributed by atoms with van der Waals surface area (Å²) < 4.78 is 15.3. The smallest absolute Gasteiger partial charge is 0.227 e. The van der Waals surface area contributed by atoms with Crippen LogP contribution in [0.5, 0.6) is 0 Å². The normalized spacial score (nSPS) is 18.1. The lowest BCUT2D eigenvalue weighted by atomic mass is 9.85. The minimum atomic E-state index is -0.405. The maximum Gasteiger partial charge on any atom is 0.227 e. The second-order valence-electron chi connectivity index (χ2n) is 7.33. The van der Waals surface area contributed by atoms with Gasteiger partial charge in [-0.05, 0) is 48.2 Å². The van der Waals surface area contributed by atoms with Crippen LogP contribution in [0.2, 0.25) is 5.02 Å². The minimum absolute atomic E-state index is 0.104. The third kappa shape index (κ3) is 3.63. The molecule has 0 fully saturated rings. The highest BCUT2D eigenvalue weighted by Crippen LogP contribution is 2.40. The van der Waals surface area contributed by atoms with Crippen LogP contribution >= 0.6 is 23.4 Å². The highest BCUT2D eigenvalue weighted by atomic mass is 35.5.